The number of halogens is 1. The lowest BCUT2D eigenvalue weighted by Crippen LogP contribution is -2.12. The largest absolute Gasteiger partial charge is 0.508 e. The van der Waals surface area contributed by atoms with Crippen molar-refractivity contribution in [2.24, 2.45) is 4.99 Å². The number of aromatic amines is 1. The van der Waals surface area contributed by atoms with E-state index in [1.54, 1.807) is 22.0 Å². The topological polar surface area (TPSA) is 143 Å². The zero-order valence-corrected chi connectivity index (χ0v) is 32.2. The highest BCUT2D eigenvalue weighted by Crippen LogP contribution is 2.40. The molecule has 7 rings (SSSR count). The molecule has 0 fully saturated rings. The van der Waals surface area contributed by atoms with Gasteiger partial charge < -0.3 is 14.9 Å². The van der Waals surface area contributed by atoms with Crippen LogP contribution < -0.4 is 4.74 Å². The minimum Gasteiger partial charge on any atom is -0.508 e. The first-order chi connectivity index (χ1) is 25.4. The molecule has 3 aromatic heterocycles. The number of rotatable bonds is 11. The molecule has 0 saturated heterocycles. The van der Waals surface area contributed by atoms with Gasteiger partial charge in [-0.1, -0.05) is 37.6 Å². The molecular formula is C39H38ClN7O4S2. The standard InChI is InChI=1S/C39H38ClN7O4S2/c1-20(2)29-18-30(33(50)19-32(29)49)36-43-45-39(52)47(36)26-12-14-28(15-13-26)51-16-6-7-27(48)17-31-37-44-42-23(5)46(37)38-34(21(3)22(4)53-38)35(41-31)24-8-10-25(40)11-9-24/h8-15,18-20,31,49-50H,6-7,16-17H2,1-5H3,(H,45,52)/t31-/m0/s1. The Morgan fingerprint density at radius 2 is 1.75 bits per heavy atom. The number of aromatic hydroxyl groups is 2. The van der Waals surface area contributed by atoms with E-state index in [1.807, 2.05) is 73.9 Å². The number of hydrogen-bond donors (Lipinski definition) is 3. The van der Waals surface area contributed by atoms with Gasteiger partial charge in [-0.2, -0.15) is 5.10 Å². The summed E-state index contributed by atoms with van der Waals surface area (Å²) >= 11 is 13.4. The number of H-pyrrole nitrogens is 1. The summed E-state index contributed by atoms with van der Waals surface area (Å²) in [6, 6.07) is 17.5. The third-order valence-electron chi connectivity index (χ3n) is 9.42. The van der Waals surface area contributed by atoms with Crippen LogP contribution in [0.1, 0.15) is 83.8 Å². The fourth-order valence-electron chi connectivity index (χ4n) is 6.55. The Hall–Kier alpha value is -5.11. The van der Waals surface area contributed by atoms with E-state index < -0.39 is 6.04 Å². The van der Waals surface area contributed by atoms with Crippen molar-refractivity contribution in [1.29, 1.82) is 0 Å². The number of carbonyl (C=O) groups is 1. The second kappa shape index (κ2) is 14.7. The van der Waals surface area contributed by atoms with Gasteiger partial charge in [0.1, 0.15) is 39.9 Å². The third-order valence-corrected chi connectivity index (χ3v) is 11.1. The van der Waals surface area contributed by atoms with Crippen LogP contribution in [0.15, 0.2) is 65.7 Å². The van der Waals surface area contributed by atoms with E-state index in [-0.39, 0.29) is 29.6 Å². The van der Waals surface area contributed by atoms with Crippen LogP contribution in [0.4, 0.5) is 0 Å². The van der Waals surface area contributed by atoms with Gasteiger partial charge in [0.15, 0.2) is 16.4 Å². The lowest BCUT2D eigenvalue weighted by Gasteiger charge is -2.14. The number of phenolic OH excluding ortho intramolecular Hbond substituents is 2. The molecule has 0 aliphatic carbocycles. The maximum Gasteiger partial charge on any atom is 0.200 e. The van der Waals surface area contributed by atoms with E-state index in [2.05, 4.69) is 34.2 Å². The summed E-state index contributed by atoms with van der Waals surface area (Å²) in [7, 11) is 0. The molecule has 1 aliphatic heterocycles. The molecule has 1 aliphatic rings. The minimum atomic E-state index is -0.512. The number of fused-ring (bicyclic) bond motifs is 3. The Morgan fingerprint density at radius 3 is 2.47 bits per heavy atom. The normalized spacial score (nSPS) is 13.8. The van der Waals surface area contributed by atoms with Gasteiger partial charge >= 0.3 is 0 Å². The zero-order chi connectivity index (χ0) is 37.6. The number of aromatic nitrogens is 6. The Balaban J connectivity index is 1.04. The fraction of sp³-hybridized carbons (Fsp3) is 0.282. The zero-order valence-electron chi connectivity index (χ0n) is 29.8. The van der Waals surface area contributed by atoms with E-state index in [1.165, 1.54) is 10.9 Å². The van der Waals surface area contributed by atoms with Gasteiger partial charge in [0.05, 0.1) is 23.6 Å². The maximum atomic E-state index is 13.5. The molecule has 1 atom stereocenters. The van der Waals surface area contributed by atoms with Crippen molar-refractivity contribution in [2.45, 2.75) is 65.8 Å². The first-order valence-corrected chi connectivity index (χ1v) is 18.9. The van der Waals surface area contributed by atoms with Gasteiger partial charge in [0.25, 0.3) is 0 Å². The van der Waals surface area contributed by atoms with Gasteiger partial charge in [-0.25, -0.2) is 0 Å². The van der Waals surface area contributed by atoms with Gasteiger partial charge in [-0.3, -0.25) is 24.0 Å². The first-order valence-electron chi connectivity index (χ1n) is 17.3. The molecule has 0 unspecified atom stereocenters. The molecule has 11 nitrogen and oxygen atoms in total. The monoisotopic (exact) mass is 767 g/mol. The SMILES string of the molecule is Cc1sc2c(c1C)C(c1ccc(Cl)cc1)=N[C@@H](CC(=O)CCCOc1ccc(-n3c(-c4cc(C(C)C)c(O)cc4O)n[nH]c3=S)cc1)c1nnc(C)n1-2. The van der Waals surface area contributed by atoms with Crippen LogP contribution in [-0.4, -0.2) is 57.8 Å². The molecule has 14 heteroatoms. The highest BCUT2D eigenvalue weighted by molar-refractivity contribution is 7.71. The van der Waals surface area contributed by atoms with Crippen molar-refractivity contribution in [2.75, 3.05) is 6.61 Å². The van der Waals surface area contributed by atoms with Crippen LogP contribution in [0.3, 0.4) is 0 Å². The van der Waals surface area contributed by atoms with Gasteiger partial charge in [-0.05, 0) is 98.9 Å². The van der Waals surface area contributed by atoms with Crippen LogP contribution in [0, 0.1) is 25.5 Å². The van der Waals surface area contributed by atoms with Crippen molar-refractivity contribution in [3.63, 3.8) is 0 Å². The Kier molecular flexibility index (Phi) is 10.1. The molecule has 0 spiro atoms. The van der Waals surface area contributed by atoms with E-state index in [0.717, 1.165) is 33.2 Å². The van der Waals surface area contributed by atoms with Crippen LogP contribution >= 0.6 is 35.2 Å². The van der Waals surface area contributed by atoms with Crippen LogP contribution in [0.2, 0.25) is 5.02 Å². The third kappa shape index (κ3) is 7.04. The summed E-state index contributed by atoms with van der Waals surface area (Å²) in [5.41, 5.74) is 5.75. The molecule has 0 radical (unpaired) electrons. The van der Waals surface area contributed by atoms with E-state index in [4.69, 9.17) is 33.5 Å². The van der Waals surface area contributed by atoms with Crippen molar-refractivity contribution in [3.8, 4) is 39.3 Å². The molecule has 0 saturated carbocycles. The highest BCUT2D eigenvalue weighted by atomic mass is 35.5. The first kappa shape index (κ1) is 36.3. The maximum absolute atomic E-state index is 13.5. The molecule has 3 N–H and O–H groups in total. The number of carbonyl (C=O) groups excluding carboxylic acids is 1. The van der Waals surface area contributed by atoms with Gasteiger partial charge in [0, 0.05) is 39.9 Å². The van der Waals surface area contributed by atoms with Crippen molar-refractivity contribution < 1.29 is 19.7 Å². The molecule has 53 heavy (non-hydrogen) atoms. The Bertz CT molecular complexity index is 2430. The summed E-state index contributed by atoms with van der Waals surface area (Å²) in [5, 5.41) is 38.7. The fourth-order valence-corrected chi connectivity index (χ4v) is 8.13. The van der Waals surface area contributed by atoms with Crippen molar-refractivity contribution >= 4 is 46.7 Å². The van der Waals surface area contributed by atoms with Crippen molar-refractivity contribution in [3.05, 3.63) is 109 Å². The van der Waals surface area contributed by atoms with Gasteiger partial charge in [-0.15, -0.1) is 21.5 Å². The average Bonchev–Trinajstić information content (AvgIpc) is 3.76. The smallest absolute Gasteiger partial charge is 0.200 e. The number of ketones is 1. The predicted octanol–water partition coefficient (Wildman–Crippen LogP) is 9.06. The number of nitrogens with one attached hydrogen (secondary N) is 1. The number of phenols is 2. The van der Waals surface area contributed by atoms with E-state index in [9.17, 15) is 15.0 Å². The number of Topliss-reactive ketones (excluding diaryl/α,β-unsaturated/α-hetero) is 1. The summed E-state index contributed by atoms with van der Waals surface area (Å²) in [6.07, 6.45) is 1.02. The molecule has 6 aromatic rings. The number of benzene rings is 3. The van der Waals surface area contributed by atoms with E-state index in [0.29, 0.717) is 63.5 Å². The summed E-state index contributed by atoms with van der Waals surface area (Å²) in [6.45, 7) is 10.4. The molecule has 4 heterocycles. The molecule has 3 aromatic carbocycles. The number of ether oxygens (including phenoxy) is 1. The molecule has 0 bridgehead atoms. The van der Waals surface area contributed by atoms with Crippen molar-refractivity contribution in [1.82, 2.24) is 29.5 Å². The molecule has 0 amide bonds. The Morgan fingerprint density at radius 1 is 1.02 bits per heavy atom. The quantitative estimate of drug-likeness (QED) is 0.0876. The predicted molar refractivity (Wildman–Crippen MR) is 209 cm³/mol. The molecular weight excluding hydrogens is 730 g/mol. The highest BCUT2D eigenvalue weighted by Gasteiger charge is 2.32. The summed E-state index contributed by atoms with van der Waals surface area (Å²) < 4.78 is 10.1. The lowest BCUT2D eigenvalue weighted by molar-refractivity contribution is -0.119. The number of aryl methyl sites for hydroxylation is 2. The number of hydrogen-bond acceptors (Lipinski definition) is 10. The minimum absolute atomic E-state index is 0.0215. The Labute approximate surface area is 320 Å². The van der Waals surface area contributed by atoms with Crippen LogP contribution in [0.5, 0.6) is 17.2 Å². The summed E-state index contributed by atoms with van der Waals surface area (Å²) in [5.74, 6) is 2.44. The average molecular weight is 768 g/mol. The second-order valence-electron chi connectivity index (χ2n) is 13.4. The summed E-state index contributed by atoms with van der Waals surface area (Å²) in [4.78, 5) is 19.9. The molecule has 272 valence electrons. The number of aliphatic imine (C=N–C) groups is 1. The second-order valence-corrected chi connectivity index (χ2v) is 15.4. The van der Waals surface area contributed by atoms with Gasteiger partial charge in [0.2, 0.25) is 0 Å². The van der Waals surface area contributed by atoms with Crippen LogP contribution in [-0.2, 0) is 4.79 Å². The number of thiophene rings is 1. The number of nitrogens with zero attached hydrogens (tertiary/aromatic N) is 6. The van der Waals surface area contributed by atoms with Crippen LogP contribution in [0.25, 0.3) is 22.1 Å². The lowest BCUT2D eigenvalue weighted by atomic mass is 9.98. The van der Waals surface area contributed by atoms with E-state index >= 15 is 0 Å².